The minimum atomic E-state index is 0.550. The zero-order valence-electron chi connectivity index (χ0n) is 7.19. The van der Waals surface area contributed by atoms with Crippen LogP contribution in [0, 0.1) is 0 Å². The average Bonchev–Trinajstić information content (AvgIpc) is 2.19. The number of carbonyl (C=O) groups excluding carboxylic acids is 1. The number of benzene rings is 1. The summed E-state index contributed by atoms with van der Waals surface area (Å²) in [5, 5.41) is 2.88. The van der Waals surface area contributed by atoms with E-state index in [1.54, 1.807) is 12.1 Å². The highest BCUT2D eigenvalue weighted by atomic mass is 31.0. The second-order valence-electron chi connectivity index (χ2n) is 2.46. The topological polar surface area (TPSA) is 38.3 Å². The predicted molar refractivity (Wildman–Crippen MR) is 55.0 cm³/mol. The van der Waals surface area contributed by atoms with Crippen molar-refractivity contribution in [2.45, 2.75) is 0 Å². The number of hydrogen-bond donors (Lipinski definition) is 1. The largest absolute Gasteiger partial charge is 0.492 e. The lowest BCUT2D eigenvalue weighted by Crippen LogP contribution is -2.11. The van der Waals surface area contributed by atoms with E-state index < -0.39 is 0 Å². The van der Waals surface area contributed by atoms with Crippen molar-refractivity contribution in [3.8, 4) is 5.75 Å². The highest BCUT2D eigenvalue weighted by Gasteiger charge is 1.99. The van der Waals surface area contributed by atoms with E-state index in [0.29, 0.717) is 17.9 Å². The SMILES string of the molecule is O=Cc1ccccc1OCCNP. The van der Waals surface area contributed by atoms with Crippen LogP contribution in [0.5, 0.6) is 5.75 Å². The number of hydrogen-bond acceptors (Lipinski definition) is 3. The summed E-state index contributed by atoms with van der Waals surface area (Å²) >= 11 is 0. The number of ether oxygens (including phenoxy) is 1. The van der Waals surface area contributed by atoms with E-state index in [-0.39, 0.29) is 0 Å². The van der Waals surface area contributed by atoms with Crippen molar-refractivity contribution in [1.29, 1.82) is 0 Å². The Morgan fingerprint density at radius 2 is 2.23 bits per heavy atom. The monoisotopic (exact) mass is 197 g/mol. The highest BCUT2D eigenvalue weighted by molar-refractivity contribution is 7.13. The molecule has 1 unspecified atom stereocenters. The average molecular weight is 197 g/mol. The van der Waals surface area contributed by atoms with Crippen LogP contribution in [0.1, 0.15) is 10.4 Å². The Bertz CT molecular complexity index is 278. The third-order valence-corrected chi connectivity index (χ3v) is 1.84. The van der Waals surface area contributed by atoms with Crippen LogP contribution < -0.4 is 9.82 Å². The number of aldehydes is 1. The lowest BCUT2D eigenvalue weighted by Gasteiger charge is -2.06. The van der Waals surface area contributed by atoms with Crippen molar-refractivity contribution in [2.24, 2.45) is 0 Å². The van der Waals surface area contributed by atoms with E-state index in [2.05, 4.69) is 14.5 Å². The second kappa shape index (κ2) is 5.68. The fourth-order valence-corrected chi connectivity index (χ4v) is 1.05. The first-order valence-corrected chi connectivity index (χ1v) is 4.56. The third kappa shape index (κ3) is 3.13. The van der Waals surface area contributed by atoms with Crippen LogP contribution in [0.3, 0.4) is 0 Å². The number of para-hydroxylation sites is 1. The molecule has 0 radical (unpaired) electrons. The van der Waals surface area contributed by atoms with Crippen molar-refractivity contribution in [2.75, 3.05) is 13.2 Å². The summed E-state index contributed by atoms with van der Waals surface area (Å²) in [5.41, 5.74) is 0.589. The van der Waals surface area contributed by atoms with E-state index in [9.17, 15) is 4.79 Å². The molecule has 3 nitrogen and oxygen atoms in total. The maximum Gasteiger partial charge on any atom is 0.153 e. The molecule has 1 aromatic carbocycles. The molecule has 0 amide bonds. The van der Waals surface area contributed by atoms with E-state index in [1.165, 1.54) is 0 Å². The zero-order chi connectivity index (χ0) is 9.52. The van der Waals surface area contributed by atoms with Crippen LogP contribution in [0.25, 0.3) is 0 Å². The molecule has 0 aliphatic carbocycles. The number of carbonyl (C=O) groups is 1. The molecule has 13 heavy (non-hydrogen) atoms. The second-order valence-corrected chi connectivity index (χ2v) is 2.87. The quantitative estimate of drug-likeness (QED) is 0.438. The van der Waals surface area contributed by atoms with E-state index in [1.807, 2.05) is 12.1 Å². The maximum absolute atomic E-state index is 10.6. The number of nitrogens with one attached hydrogen (secondary N) is 1. The Kier molecular flexibility index (Phi) is 4.44. The van der Waals surface area contributed by atoms with Gasteiger partial charge in [-0.1, -0.05) is 21.5 Å². The smallest absolute Gasteiger partial charge is 0.153 e. The molecule has 0 saturated heterocycles. The van der Waals surface area contributed by atoms with E-state index in [0.717, 1.165) is 12.8 Å². The molecule has 0 bridgehead atoms. The molecule has 0 aliphatic heterocycles. The van der Waals surface area contributed by atoms with Crippen LogP contribution >= 0.6 is 9.39 Å². The normalized spacial score (nSPS) is 9.62. The molecule has 0 fully saturated rings. The minimum absolute atomic E-state index is 0.550. The maximum atomic E-state index is 10.6. The van der Waals surface area contributed by atoms with Gasteiger partial charge in [-0.3, -0.25) is 9.88 Å². The summed E-state index contributed by atoms with van der Waals surface area (Å²) < 4.78 is 5.36. The Balaban J connectivity index is 2.59. The van der Waals surface area contributed by atoms with Gasteiger partial charge in [0.25, 0.3) is 0 Å². The first-order valence-electron chi connectivity index (χ1n) is 3.99. The van der Waals surface area contributed by atoms with Gasteiger partial charge in [0.1, 0.15) is 12.4 Å². The molecule has 1 atom stereocenters. The summed E-state index contributed by atoms with van der Waals surface area (Å²) in [4.78, 5) is 10.6. The van der Waals surface area contributed by atoms with Crippen LogP contribution in [-0.2, 0) is 0 Å². The van der Waals surface area contributed by atoms with Gasteiger partial charge >= 0.3 is 0 Å². The Hall–Kier alpha value is -0.920. The van der Waals surface area contributed by atoms with Crippen molar-refractivity contribution < 1.29 is 9.53 Å². The van der Waals surface area contributed by atoms with Crippen molar-refractivity contribution in [3.05, 3.63) is 29.8 Å². The minimum Gasteiger partial charge on any atom is -0.492 e. The third-order valence-electron chi connectivity index (χ3n) is 1.55. The number of rotatable bonds is 5. The molecule has 70 valence electrons. The molecule has 4 heteroatoms. The summed E-state index contributed by atoms with van der Waals surface area (Å²) in [6.07, 6.45) is 0.795. The van der Waals surface area contributed by atoms with Gasteiger partial charge in [0.05, 0.1) is 5.56 Å². The molecule has 1 rings (SSSR count). The Labute approximate surface area is 79.7 Å². The van der Waals surface area contributed by atoms with Crippen LogP contribution in [0.15, 0.2) is 24.3 Å². The summed E-state index contributed by atoms with van der Waals surface area (Å²) in [6.45, 7) is 1.28. The molecule has 0 heterocycles. The van der Waals surface area contributed by atoms with E-state index >= 15 is 0 Å². The first-order chi connectivity index (χ1) is 6.38. The van der Waals surface area contributed by atoms with Gasteiger partial charge in [-0.15, -0.1) is 0 Å². The molecule has 1 N–H and O–H groups in total. The molecular formula is C9H12NO2P. The molecular weight excluding hydrogens is 185 g/mol. The van der Waals surface area contributed by atoms with Crippen molar-refractivity contribution in [1.82, 2.24) is 5.09 Å². The lowest BCUT2D eigenvalue weighted by atomic mass is 10.2. The van der Waals surface area contributed by atoms with E-state index in [4.69, 9.17) is 4.74 Å². The lowest BCUT2D eigenvalue weighted by molar-refractivity contribution is 0.111. The highest BCUT2D eigenvalue weighted by Crippen LogP contribution is 2.14. The van der Waals surface area contributed by atoms with Gasteiger partial charge in [0, 0.05) is 6.54 Å². The Morgan fingerprint density at radius 1 is 1.46 bits per heavy atom. The van der Waals surface area contributed by atoms with Gasteiger partial charge in [-0.2, -0.15) is 0 Å². The van der Waals surface area contributed by atoms with Gasteiger partial charge in [-0.05, 0) is 12.1 Å². The standard InChI is InChI=1S/C9H12NO2P/c11-7-8-3-1-2-4-9(8)12-6-5-10-13/h1-4,7,10H,5-6,13H2. The zero-order valence-corrected chi connectivity index (χ0v) is 8.35. The van der Waals surface area contributed by atoms with Crippen LogP contribution in [-0.4, -0.2) is 19.4 Å². The summed E-state index contributed by atoms with van der Waals surface area (Å²) in [7, 11) is 2.39. The molecule has 0 aliphatic rings. The Morgan fingerprint density at radius 3 is 2.92 bits per heavy atom. The van der Waals surface area contributed by atoms with Gasteiger partial charge < -0.3 is 4.74 Å². The van der Waals surface area contributed by atoms with Crippen LogP contribution in [0.4, 0.5) is 0 Å². The van der Waals surface area contributed by atoms with Crippen LogP contribution in [0.2, 0.25) is 0 Å². The first kappa shape index (κ1) is 10.2. The fourth-order valence-electron chi connectivity index (χ4n) is 0.929. The van der Waals surface area contributed by atoms with Crippen molar-refractivity contribution in [3.63, 3.8) is 0 Å². The molecule has 1 aromatic rings. The van der Waals surface area contributed by atoms with Gasteiger partial charge in [-0.25, -0.2) is 0 Å². The molecule has 0 saturated carbocycles. The van der Waals surface area contributed by atoms with Crippen molar-refractivity contribution >= 4 is 15.7 Å². The summed E-state index contributed by atoms with van der Waals surface area (Å²) in [5.74, 6) is 0.637. The predicted octanol–water partition coefficient (Wildman–Crippen LogP) is 1.26. The molecule has 0 aromatic heterocycles. The fraction of sp³-hybridized carbons (Fsp3) is 0.222. The summed E-state index contributed by atoms with van der Waals surface area (Å²) in [6, 6.07) is 7.17. The van der Waals surface area contributed by atoms with Gasteiger partial charge in [0.2, 0.25) is 0 Å². The van der Waals surface area contributed by atoms with Gasteiger partial charge in [0.15, 0.2) is 6.29 Å². The molecule has 0 spiro atoms.